The molecule has 3 heteroatoms. The van der Waals surface area contributed by atoms with Crippen LogP contribution in [0.3, 0.4) is 0 Å². The van der Waals surface area contributed by atoms with Crippen molar-refractivity contribution in [1.82, 2.24) is 0 Å². The second-order valence-electron chi connectivity index (χ2n) is 4.43. The maximum Gasteiger partial charge on any atom is 0.330 e. The largest absolute Gasteiger partial charge is 0.463 e. The average molecular weight is 311 g/mol. The molecule has 0 heterocycles. The molecule has 2 nitrogen and oxygen atoms in total. The number of halogens is 1. The molecule has 0 atom stereocenters. The first-order valence-corrected chi connectivity index (χ1v) is 7.28. The molecule has 0 N–H and O–H groups in total. The third kappa shape index (κ3) is 4.80. The molecule has 0 fully saturated rings. The fourth-order valence-electron chi connectivity index (χ4n) is 1.78. The van der Waals surface area contributed by atoms with Crippen molar-refractivity contribution in [3.05, 3.63) is 76.3 Å². The van der Waals surface area contributed by atoms with Crippen LogP contribution in [0.4, 0.5) is 0 Å². The molecule has 110 valence electrons. The Morgan fingerprint density at radius 2 is 1.86 bits per heavy atom. The van der Waals surface area contributed by atoms with Crippen LogP contribution >= 0.6 is 11.6 Å². The molecule has 0 saturated heterocycles. The summed E-state index contributed by atoms with van der Waals surface area (Å²) in [5.41, 5.74) is 2.60. The van der Waals surface area contributed by atoms with E-state index >= 15 is 0 Å². The SMILES string of the molecule is CCOC(=O)/C=C/c1ccccc1C#Cc1ccc(Cl)cc1. The first kappa shape index (κ1) is 15.9. The van der Waals surface area contributed by atoms with Crippen LogP contribution in [-0.4, -0.2) is 12.6 Å². The fraction of sp³-hybridized carbons (Fsp3) is 0.105. The molecule has 2 rings (SSSR count). The monoisotopic (exact) mass is 310 g/mol. The van der Waals surface area contributed by atoms with E-state index in [1.165, 1.54) is 6.08 Å². The topological polar surface area (TPSA) is 26.3 Å². The summed E-state index contributed by atoms with van der Waals surface area (Å²) in [4.78, 5) is 11.4. The molecule has 0 radical (unpaired) electrons. The number of carbonyl (C=O) groups excluding carboxylic acids is 1. The van der Waals surface area contributed by atoms with Gasteiger partial charge in [-0.2, -0.15) is 0 Å². The number of carbonyl (C=O) groups is 1. The summed E-state index contributed by atoms with van der Waals surface area (Å²) in [6.45, 7) is 2.14. The normalized spacial score (nSPS) is 10.1. The van der Waals surface area contributed by atoms with E-state index in [-0.39, 0.29) is 5.97 Å². The number of ether oxygens (including phenoxy) is 1. The lowest BCUT2D eigenvalue weighted by molar-refractivity contribution is -0.137. The highest BCUT2D eigenvalue weighted by atomic mass is 35.5. The van der Waals surface area contributed by atoms with Crippen molar-refractivity contribution in [1.29, 1.82) is 0 Å². The molecule has 0 amide bonds. The van der Waals surface area contributed by atoms with Crippen LogP contribution in [0.25, 0.3) is 6.08 Å². The van der Waals surface area contributed by atoms with E-state index in [9.17, 15) is 4.79 Å². The van der Waals surface area contributed by atoms with E-state index in [1.807, 2.05) is 36.4 Å². The summed E-state index contributed by atoms with van der Waals surface area (Å²) in [5.74, 6) is 5.83. The summed E-state index contributed by atoms with van der Waals surface area (Å²) >= 11 is 5.85. The minimum Gasteiger partial charge on any atom is -0.463 e. The van der Waals surface area contributed by atoms with Crippen molar-refractivity contribution in [2.45, 2.75) is 6.92 Å². The summed E-state index contributed by atoms with van der Waals surface area (Å²) in [5, 5.41) is 0.684. The highest BCUT2D eigenvalue weighted by Gasteiger charge is 1.98. The molecule has 0 aliphatic carbocycles. The zero-order valence-corrected chi connectivity index (χ0v) is 12.9. The minimum absolute atomic E-state index is 0.358. The van der Waals surface area contributed by atoms with E-state index in [2.05, 4.69) is 11.8 Å². The van der Waals surface area contributed by atoms with Crippen molar-refractivity contribution in [2.24, 2.45) is 0 Å². The molecule has 0 aliphatic heterocycles. The van der Waals surface area contributed by atoms with Crippen molar-refractivity contribution >= 4 is 23.6 Å². The van der Waals surface area contributed by atoms with Crippen LogP contribution in [0, 0.1) is 11.8 Å². The van der Waals surface area contributed by atoms with E-state index in [4.69, 9.17) is 16.3 Å². The molecule has 2 aromatic rings. The second-order valence-corrected chi connectivity index (χ2v) is 4.87. The maximum absolute atomic E-state index is 11.4. The van der Waals surface area contributed by atoms with Crippen LogP contribution in [-0.2, 0) is 9.53 Å². The van der Waals surface area contributed by atoms with Crippen LogP contribution in [0.1, 0.15) is 23.6 Å². The Hall–Kier alpha value is -2.50. The van der Waals surface area contributed by atoms with Gasteiger partial charge in [-0.05, 0) is 48.9 Å². The zero-order valence-electron chi connectivity index (χ0n) is 12.2. The number of benzene rings is 2. The van der Waals surface area contributed by atoms with E-state index < -0.39 is 0 Å². The Morgan fingerprint density at radius 3 is 2.59 bits per heavy atom. The number of rotatable bonds is 3. The minimum atomic E-state index is -0.358. The van der Waals surface area contributed by atoms with Crippen molar-refractivity contribution < 1.29 is 9.53 Å². The van der Waals surface area contributed by atoms with Gasteiger partial charge >= 0.3 is 5.97 Å². The third-order valence-corrected chi connectivity index (χ3v) is 3.08. The molecule has 0 saturated carbocycles. The summed E-state index contributed by atoms with van der Waals surface area (Å²) in [6, 6.07) is 15.0. The Balaban J connectivity index is 2.22. The van der Waals surface area contributed by atoms with Crippen LogP contribution in [0.15, 0.2) is 54.6 Å². The molecule has 0 bridgehead atoms. The van der Waals surface area contributed by atoms with Gasteiger partial charge in [0.1, 0.15) is 0 Å². The van der Waals surface area contributed by atoms with Crippen molar-refractivity contribution in [3.63, 3.8) is 0 Å². The Bertz CT molecular complexity index is 734. The van der Waals surface area contributed by atoms with Gasteiger partial charge < -0.3 is 4.74 Å². The van der Waals surface area contributed by atoms with E-state index in [0.29, 0.717) is 11.6 Å². The summed E-state index contributed by atoms with van der Waals surface area (Å²) in [7, 11) is 0. The highest BCUT2D eigenvalue weighted by molar-refractivity contribution is 6.30. The number of esters is 1. The first-order chi connectivity index (χ1) is 10.7. The molecule has 2 aromatic carbocycles. The summed E-state index contributed by atoms with van der Waals surface area (Å²) < 4.78 is 4.87. The van der Waals surface area contributed by atoms with Gasteiger partial charge in [0.2, 0.25) is 0 Å². The molecule has 0 aromatic heterocycles. The van der Waals surface area contributed by atoms with Gasteiger partial charge in [0.05, 0.1) is 6.61 Å². The van der Waals surface area contributed by atoms with Gasteiger partial charge in [-0.15, -0.1) is 0 Å². The Kier molecular flexibility index (Phi) is 5.82. The maximum atomic E-state index is 11.4. The van der Waals surface area contributed by atoms with Gasteiger partial charge in [-0.1, -0.05) is 41.6 Å². The van der Waals surface area contributed by atoms with Gasteiger partial charge in [0.25, 0.3) is 0 Å². The molecule has 22 heavy (non-hydrogen) atoms. The second kappa shape index (κ2) is 8.07. The Labute approximate surface area is 135 Å². The quantitative estimate of drug-likeness (QED) is 0.479. The lowest BCUT2D eigenvalue weighted by atomic mass is 10.1. The van der Waals surface area contributed by atoms with Gasteiger partial charge in [0.15, 0.2) is 0 Å². The van der Waals surface area contributed by atoms with Crippen LogP contribution in [0.5, 0.6) is 0 Å². The van der Waals surface area contributed by atoms with E-state index in [1.54, 1.807) is 25.1 Å². The summed E-state index contributed by atoms with van der Waals surface area (Å²) in [6.07, 6.45) is 3.12. The van der Waals surface area contributed by atoms with Crippen molar-refractivity contribution in [2.75, 3.05) is 6.61 Å². The molecule has 0 aliphatic rings. The Morgan fingerprint density at radius 1 is 1.14 bits per heavy atom. The van der Waals surface area contributed by atoms with Crippen LogP contribution in [0.2, 0.25) is 5.02 Å². The lowest BCUT2D eigenvalue weighted by Crippen LogP contribution is -1.98. The smallest absolute Gasteiger partial charge is 0.330 e. The van der Waals surface area contributed by atoms with Gasteiger partial charge in [0, 0.05) is 22.2 Å². The van der Waals surface area contributed by atoms with Crippen LogP contribution < -0.4 is 0 Å². The highest BCUT2D eigenvalue weighted by Crippen LogP contribution is 2.11. The molecule has 0 spiro atoms. The molecular weight excluding hydrogens is 296 g/mol. The number of hydrogen-bond donors (Lipinski definition) is 0. The third-order valence-electron chi connectivity index (χ3n) is 2.83. The number of hydrogen-bond acceptors (Lipinski definition) is 2. The predicted molar refractivity (Wildman–Crippen MR) is 89.5 cm³/mol. The van der Waals surface area contributed by atoms with E-state index in [0.717, 1.165) is 16.7 Å². The van der Waals surface area contributed by atoms with Gasteiger partial charge in [-0.25, -0.2) is 4.79 Å². The standard InChI is InChI=1S/C19H15ClO2/c1-2-22-19(21)14-11-17-6-4-3-5-16(17)10-7-15-8-12-18(20)13-9-15/h3-6,8-9,11-14H,2H2,1H3/b14-11+. The van der Waals surface area contributed by atoms with Gasteiger partial charge in [-0.3, -0.25) is 0 Å². The molecule has 0 unspecified atom stereocenters. The average Bonchev–Trinajstić information content (AvgIpc) is 2.53. The molecular formula is C19H15ClO2. The lowest BCUT2D eigenvalue weighted by Gasteiger charge is -1.99. The fourth-order valence-corrected chi connectivity index (χ4v) is 1.90. The zero-order chi connectivity index (χ0) is 15.8. The first-order valence-electron chi connectivity index (χ1n) is 6.90. The predicted octanol–water partition coefficient (Wildman–Crippen LogP) is 4.32. The van der Waals surface area contributed by atoms with Crippen molar-refractivity contribution in [3.8, 4) is 11.8 Å².